The Labute approximate surface area is 335 Å². The van der Waals surface area contributed by atoms with Gasteiger partial charge in [0, 0.05) is 49.9 Å². The van der Waals surface area contributed by atoms with E-state index >= 15 is 0 Å². The Morgan fingerprint density at radius 2 is 0.897 bits per heavy atom. The van der Waals surface area contributed by atoms with Gasteiger partial charge in [0.1, 0.15) is 11.2 Å². The Kier molecular flexibility index (Phi) is 8.07. The average Bonchev–Trinajstić information content (AvgIpc) is 3.68. The minimum absolute atomic E-state index is 0.603. The molecule has 0 unspecified atom stereocenters. The lowest BCUT2D eigenvalue weighted by atomic mass is 9.95. The topological polar surface area (TPSA) is 55.1 Å². The van der Waals surface area contributed by atoms with E-state index < -0.39 is 0 Å². The zero-order valence-corrected chi connectivity index (χ0v) is 31.3. The Morgan fingerprint density at radius 3 is 1.62 bits per heavy atom. The summed E-state index contributed by atoms with van der Waals surface area (Å²) in [6.07, 6.45) is 0. The van der Waals surface area contributed by atoms with Gasteiger partial charge in [0.25, 0.3) is 0 Å². The standard InChI is InChI=1S/C53H34N4O/c1-4-15-37(16-5-1)51-54-52(38-17-6-2-7-18-38)56-53(55-51)48-34-47-44-22-12-13-23-49(44)58-50(47)45-31-27-40(33-46(45)48)36-24-28-42(29-25-36)57(41-20-8-3-9-21-41)43-30-26-35-14-10-11-19-39(35)32-43/h1-34H. The summed E-state index contributed by atoms with van der Waals surface area (Å²) in [5, 5.41) is 6.49. The molecular formula is C53H34N4O. The molecule has 0 aliphatic rings. The van der Waals surface area contributed by atoms with Crippen molar-refractivity contribution in [1.29, 1.82) is 0 Å². The highest BCUT2D eigenvalue weighted by Gasteiger charge is 2.20. The number of rotatable bonds is 7. The van der Waals surface area contributed by atoms with Gasteiger partial charge in [-0.1, -0.05) is 146 Å². The number of fused-ring (bicyclic) bond motifs is 6. The van der Waals surface area contributed by atoms with E-state index in [0.717, 1.165) is 77.6 Å². The smallest absolute Gasteiger partial charge is 0.164 e. The first kappa shape index (κ1) is 33.4. The first-order chi connectivity index (χ1) is 28.7. The molecule has 5 heteroatoms. The number of benzene rings is 9. The van der Waals surface area contributed by atoms with E-state index in [9.17, 15) is 0 Å². The molecule has 0 aliphatic carbocycles. The molecule has 0 saturated heterocycles. The quantitative estimate of drug-likeness (QED) is 0.163. The third kappa shape index (κ3) is 5.94. The second-order valence-electron chi connectivity index (χ2n) is 14.4. The fraction of sp³-hybridized carbons (Fsp3) is 0. The molecule has 11 rings (SSSR count). The summed E-state index contributed by atoms with van der Waals surface area (Å²) in [5.74, 6) is 1.85. The zero-order valence-electron chi connectivity index (χ0n) is 31.3. The third-order valence-corrected chi connectivity index (χ3v) is 10.9. The maximum absolute atomic E-state index is 6.58. The van der Waals surface area contributed by atoms with Crippen molar-refractivity contribution in [2.45, 2.75) is 0 Å². The van der Waals surface area contributed by atoms with Gasteiger partial charge in [-0.3, -0.25) is 0 Å². The van der Waals surface area contributed by atoms with E-state index in [0.29, 0.717) is 17.5 Å². The van der Waals surface area contributed by atoms with Crippen LogP contribution < -0.4 is 4.90 Å². The summed E-state index contributed by atoms with van der Waals surface area (Å²) >= 11 is 0. The second-order valence-corrected chi connectivity index (χ2v) is 14.4. The van der Waals surface area contributed by atoms with Gasteiger partial charge in [0.15, 0.2) is 17.5 Å². The monoisotopic (exact) mass is 742 g/mol. The maximum atomic E-state index is 6.58. The van der Waals surface area contributed by atoms with Crippen molar-refractivity contribution in [3.63, 3.8) is 0 Å². The number of aromatic nitrogens is 3. The zero-order chi connectivity index (χ0) is 38.4. The van der Waals surface area contributed by atoms with Crippen LogP contribution in [0, 0.1) is 0 Å². The maximum Gasteiger partial charge on any atom is 0.164 e. The molecule has 0 radical (unpaired) electrons. The first-order valence-corrected chi connectivity index (χ1v) is 19.4. The van der Waals surface area contributed by atoms with Crippen molar-refractivity contribution in [3.05, 3.63) is 206 Å². The lowest BCUT2D eigenvalue weighted by Crippen LogP contribution is -2.09. The molecule has 272 valence electrons. The summed E-state index contributed by atoms with van der Waals surface area (Å²) in [5.41, 5.74) is 9.90. The van der Waals surface area contributed by atoms with Crippen LogP contribution in [0.5, 0.6) is 0 Å². The molecule has 9 aromatic carbocycles. The Morgan fingerprint density at radius 1 is 0.328 bits per heavy atom. The van der Waals surface area contributed by atoms with Crippen LogP contribution in [0.1, 0.15) is 0 Å². The van der Waals surface area contributed by atoms with Crippen LogP contribution in [0.2, 0.25) is 0 Å². The molecule has 0 atom stereocenters. The van der Waals surface area contributed by atoms with Gasteiger partial charge in [-0.25, -0.2) is 15.0 Å². The van der Waals surface area contributed by atoms with Crippen LogP contribution in [0.4, 0.5) is 17.1 Å². The summed E-state index contributed by atoms with van der Waals surface area (Å²) in [6, 6.07) is 71.7. The highest BCUT2D eigenvalue weighted by Crippen LogP contribution is 2.42. The van der Waals surface area contributed by atoms with Crippen molar-refractivity contribution in [2.75, 3.05) is 4.90 Å². The molecule has 0 bridgehead atoms. The number of anilines is 3. The van der Waals surface area contributed by atoms with E-state index in [1.54, 1.807) is 0 Å². The van der Waals surface area contributed by atoms with Crippen molar-refractivity contribution < 1.29 is 4.42 Å². The van der Waals surface area contributed by atoms with E-state index in [1.165, 1.54) is 10.8 Å². The molecule has 0 spiro atoms. The SMILES string of the molecule is c1ccc(-c2nc(-c3ccccc3)nc(-c3cc4c5ccccc5oc4c4ccc(-c5ccc(N(c6ccccc6)c6ccc7ccccc7c6)cc5)cc34)n2)cc1. The van der Waals surface area contributed by atoms with E-state index in [4.69, 9.17) is 19.4 Å². The third-order valence-electron chi connectivity index (χ3n) is 10.9. The molecule has 2 heterocycles. The van der Waals surface area contributed by atoms with Crippen molar-refractivity contribution in [1.82, 2.24) is 15.0 Å². The fourth-order valence-electron chi connectivity index (χ4n) is 8.03. The second kappa shape index (κ2) is 14.0. The highest BCUT2D eigenvalue weighted by atomic mass is 16.3. The number of hydrogen-bond acceptors (Lipinski definition) is 5. The van der Waals surface area contributed by atoms with E-state index in [1.807, 2.05) is 72.8 Å². The molecule has 0 N–H and O–H groups in total. The molecule has 0 aliphatic heterocycles. The van der Waals surface area contributed by atoms with Crippen LogP contribution in [0.25, 0.3) is 88.8 Å². The predicted molar refractivity (Wildman–Crippen MR) is 239 cm³/mol. The van der Waals surface area contributed by atoms with Gasteiger partial charge in [-0.2, -0.15) is 0 Å². The number of furan rings is 1. The molecule has 0 fully saturated rings. The highest BCUT2D eigenvalue weighted by molar-refractivity contribution is 6.19. The van der Waals surface area contributed by atoms with Gasteiger partial charge >= 0.3 is 0 Å². The lowest BCUT2D eigenvalue weighted by molar-refractivity contribution is 0.672. The average molecular weight is 743 g/mol. The summed E-state index contributed by atoms with van der Waals surface area (Å²) in [7, 11) is 0. The van der Waals surface area contributed by atoms with Gasteiger partial charge in [0.05, 0.1) is 0 Å². The van der Waals surface area contributed by atoms with Crippen LogP contribution in [0.15, 0.2) is 211 Å². The number of para-hydroxylation sites is 2. The van der Waals surface area contributed by atoms with Crippen LogP contribution in [-0.4, -0.2) is 15.0 Å². The molecule has 0 saturated carbocycles. The van der Waals surface area contributed by atoms with Crippen molar-refractivity contribution >= 4 is 60.5 Å². The molecule has 2 aromatic heterocycles. The van der Waals surface area contributed by atoms with Gasteiger partial charge in [-0.15, -0.1) is 0 Å². The summed E-state index contributed by atoms with van der Waals surface area (Å²) in [6.45, 7) is 0. The minimum atomic E-state index is 0.603. The van der Waals surface area contributed by atoms with Crippen molar-refractivity contribution in [3.8, 4) is 45.3 Å². The van der Waals surface area contributed by atoms with Crippen molar-refractivity contribution in [2.24, 2.45) is 0 Å². The molecule has 58 heavy (non-hydrogen) atoms. The Balaban J connectivity index is 1.08. The molecule has 11 aromatic rings. The molecule has 5 nitrogen and oxygen atoms in total. The summed E-state index contributed by atoms with van der Waals surface area (Å²) in [4.78, 5) is 17.6. The van der Waals surface area contributed by atoms with Crippen LogP contribution in [-0.2, 0) is 0 Å². The number of hydrogen-bond donors (Lipinski definition) is 0. The summed E-state index contributed by atoms with van der Waals surface area (Å²) < 4.78 is 6.58. The van der Waals surface area contributed by atoms with Gasteiger partial charge in [0.2, 0.25) is 0 Å². The van der Waals surface area contributed by atoms with E-state index in [-0.39, 0.29) is 0 Å². The van der Waals surface area contributed by atoms with Crippen LogP contribution >= 0.6 is 0 Å². The van der Waals surface area contributed by atoms with E-state index in [2.05, 4.69) is 138 Å². The normalized spacial score (nSPS) is 11.4. The molecule has 0 amide bonds. The fourth-order valence-corrected chi connectivity index (χ4v) is 8.03. The lowest BCUT2D eigenvalue weighted by Gasteiger charge is -2.26. The van der Waals surface area contributed by atoms with Gasteiger partial charge < -0.3 is 9.32 Å². The van der Waals surface area contributed by atoms with Crippen LogP contribution in [0.3, 0.4) is 0 Å². The Hall–Kier alpha value is -7.89. The van der Waals surface area contributed by atoms with Gasteiger partial charge in [-0.05, 0) is 87.9 Å². The number of nitrogens with zero attached hydrogens (tertiary/aromatic N) is 4. The first-order valence-electron chi connectivity index (χ1n) is 19.4. The molecular weight excluding hydrogens is 709 g/mol. The largest absolute Gasteiger partial charge is 0.455 e. The Bertz CT molecular complexity index is 3210. The predicted octanol–water partition coefficient (Wildman–Crippen LogP) is 14.2. The minimum Gasteiger partial charge on any atom is -0.455 e.